The first-order valence-electron chi connectivity index (χ1n) is 13.9. The van der Waals surface area contributed by atoms with Gasteiger partial charge in [-0.1, -0.05) is 35.5 Å². The number of H-pyrrole nitrogens is 1. The summed E-state index contributed by atoms with van der Waals surface area (Å²) >= 11 is 5.54. The molecule has 0 amide bonds. The molecule has 0 bridgehead atoms. The second kappa shape index (κ2) is 12.7. The molecule has 1 saturated heterocycles. The number of oxime groups is 1. The molecule has 5 rings (SSSR count). The molecule has 1 aliphatic carbocycles. The van der Waals surface area contributed by atoms with E-state index in [1.54, 1.807) is 0 Å². The summed E-state index contributed by atoms with van der Waals surface area (Å²) in [7, 11) is 0. The highest BCUT2D eigenvalue weighted by Gasteiger charge is 2.33. The summed E-state index contributed by atoms with van der Waals surface area (Å²) in [5.74, 6) is 0.719. The average Bonchev–Trinajstić information content (AvgIpc) is 3.60. The van der Waals surface area contributed by atoms with Crippen LogP contribution in [0.3, 0.4) is 0 Å². The minimum absolute atomic E-state index is 0.111. The number of rotatable bonds is 9. The molecule has 1 N–H and O–H groups in total. The van der Waals surface area contributed by atoms with E-state index < -0.39 is 18.0 Å². The van der Waals surface area contributed by atoms with E-state index in [0.29, 0.717) is 37.5 Å². The SMILES string of the molecule is CC=C(C=CCc1ccc(C(F)(F)F)cc1)C1ON=C(Cn2c3c(c(=O)[nH]c2=S)CCC3)N1CCN1CCOCC1. The molecule has 8 nitrogen and oxygen atoms in total. The molecule has 0 radical (unpaired) electrons. The summed E-state index contributed by atoms with van der Waals surface area (Å²) in [6.45, 7) is 6.87. The molecule has 3 heterocycles. The maximum atomic E-state index is 12.9. The van der Waals surface area contributed by atoms with Crippen molar-refractivity contribution in [1.29, 1.82) is 0 Å². The smallest absolute Gasteiger partial charge is 0.379 e. The number of benzene rings is 1. The predicted molar refractivity (Wildman–Crippen MR) is 152 cm³/mol. The Hall–Kier alpha value is -3.22. The number of aromatic nitrogens is 2. The molecule has 1 fully saturated rings. The third-order valence-corrected chi connectivity index (χ3v) is 8.07. The van der Waals surface area contributed by atoms with E-state index in [1.165, 1.54) is 12.1 Å². The Kier molecular flexibility index (Phi) is 9.10. The quantitative estimate of drug-likeness (QED) is 0.344. The number of amidine groups is 1. The number of aromatic amines is 1. The van der Waals surface area contributed by atoms with Crippen molar-refractivity contribution in [3.05, 3.63) is 85.6 Å². The lowest BCUT2D eigenvalue weighted by atomic mass is 10.1. The van der Waals surface area contributed by atoms with Crippen LogP contribution in [0.25, 0.3) is 0 Å². The number of fused-ring (bicyclic) bond motifs is 1. The zero-order valence-electron chi connectivity index (χ0n) is 23.0. The molecule has 2 aliphatic heterocycles. The summed E-state index contributed by atoms with van der Waals surface area (Å²) in [6, 6.07) is 5.20. The lowest BCUT2D eigenvalue weighted by Gasteiger charge is -2.31. The van der Waals surface area contributed by atoms with Crippen LogP contribution in [0.1, 0.15) is 35.7 Å². The number of halogens is 3. The number of nitrogens with one attached hydrogen (secondary N) is 1. The highest BCUT2D eigenvalue weighted by Crippen LogP contribution is 2.29. The number of morpholine rings is 1. The molecule has 0 saturated carbocycles. The zero-order valence-corrected chi connectivity index (χ0v) is 23.8. The molecular weight excluding hydrogens is 555 g/mol. The minimum atomic E-state index is -4.35. The second-order valence-electron chi connectivity index (χ2n) is 10.3. The van der Waals surface area contributed by atoms with Crippen molar-refractivity contribution < 1.29 is 22.7 Å². The fraction of sp³-hybridized carbons (Fsp3) is 0.483. The first-order valence-corrected chi connectivity index (χ1v) is 14.3. The zero-order chi connectivity index (χ0) is 29.0. The highest BCUT2D eigenvalue weighted by molar-refractivity contribution is 7.71. The van der Waals surface area contributed by atoms with Crippen molar-refractivity contribution in [3.63, 3.8) is 0 Å². The third kappa shape index (κ3) is 6.82. The van der Waals surface area contributed by atoms with Crippen LogP contribution in [0.5, 0.6) is 0 Å². The van der Waals surface area contributed by atoms with Crippen molar-refractivity contribution in [2.75, 3.05) is 39.4 Å². The van der Waals surface area contributed by atoms with Crippen molar-refractivity contribution >= 4 is 18.1 Å². The monoisotopic (exact) mass is 589 g/mol. The normalized spacial score (nSPS) is 20.0. The van der Waals surface area contributed by atoms with Gasteiger partial charge in [0, 0.05) is 43.0 Å². The van der Waals surface area contributed by atoms with Crippen LogP contribution in [-0.4, -0.2) is 70.8 Å². The van der Waals surface area contributed by atoms with E-state index in [0.717, 1.165) is 79.3 Å². The average molecular weight is 590 g/mol. The molecule has 1 atom stereocenters. The molecule has 1 aromatic heterocycles. The summed E-state index contributed by atoms with van der Waals surface area (Å²) < 4.78 is 46.5. The van der Waals surface area contributed by atoms with Gasteiger partial charge in [0.1, 0.15) is 0 Å². The first-order chi connectivity index (χ1) is 19.7. The number of nitrogens with zero attached hydrogens (tertiary/aromatic N) is 4. The summed E-state index contributed by atoms with van der Waals surface area (Å²) in [5, 5.41) is 4.47. The minimum Gasteiger partial charge on any atom is -0.379 e. The van der Waals surface area contributed by atoms with E-state index in [9.17, 15) is 18.0 Å². The Morgan fingerprint density at radius 3 is 2.63 bits per heavy atom. The largest absolute Gasteiger partial charge is 0.416 e. The molecule has 41 heavy (non-hydrogen) atoms. The van der Waals surface area contributed by atoms with Crippen molar-refractivity contribution in [2.45, 2.75) is 51.6 Å². The predicted octanol–water partition coefficient (Wildman–Crippen LogP) is 4.46. The molecule has 3 aliphatic rings. The summed E-state index contributed by atoms with van der Waals surface area (Å²) in [4.78, 5) is 25.7. The van der Waals surface area contributed by atoms with E-state index in [1.807, 2.05) is 29.7 Å². The number of hydrogen-bond donors (Lipinski definition) is 1. The molecule has 220 valence electrons. The van der Waals surface area contributed by atoms with Crippen molar-refractivity contribution in [3.8, 4) is 0 Å². The van der Waals surface area contributed by atoms with Gasteiger partial charge in [0.15, 0.2) is 10.6 Å². The summed E-state index contributed by atoms with van der Waals surface area (Å²) in [6.07, 6.45) is 3.91. The lowest BCUT2D eigenvalue weighted by molar-refractivity contribution is -0.137. The van der Waals surface area contributed by atoms with Gasteiger partial charge < -0.3 is 19.0 Å². The van der Waals surface area contributed by atoms with Crippen LogP contribution in [-0.2, 0) is 41.6 Å². The van der Waals surface area contributed by atoms with Gasteiger partial charge in [-0.2, -0.15) is 13.2 Å². The van der Waals surface area contributed by atoms with E-state index in [4.69, 9.17) is 21.8 Å². The van der Waals surface area contributed by atoms with Gasteiger partial charge in [0.05, 0.1) is 25.3 Å². The summed E-state index contributed by atoms with van der Waals surface area (Å²) in [5.41, 5.74) is 2.63. The van der Waals surface area contributed by atoms with Crippen LogP contribution < -0.4 is 5.56 Å². The Morgan fingerprint density at radius 1 is 1.17 bits per heavy atom. The Bertz CT molecular complexity index is 1440. The lowest BCUT2D eigenvalue weighted by Crippen LogP contribution is -2.46. The third-order valence-electron chi connectivity index (χ3n) is 7.75. The maximum Gasteiger partial charge on any atom is 0.416 e. The Morgan fingerprint density at radius 2 is 1.93 bits per heavy atom. The number of alkyl halides is 3. The van der Waals surface area contributed by atoms with Gasteiger partial charge in [-0.05, 0) is 62.5 Å². The van der Waals surface area contributed by atoms with Crippen molar-refractivity contribution in [1.82, 2.24) is 19.4 Å². The van der Waals surface area contributed by atoms with Crippen LogP contribution in [0.4, 0.5) is 13.2 Å². The molecule has 1 aromatic carbocycles. The standard InChI is InChI=1S/C29H34F3N5O3S/c1-2-21(6-3-5-20-9-11-22(12-10-20)29(30,31)32)27-36(14-13-35-15-17-39-18-16-35)25(34-40-27)19-37-24-8-4-7-23(24)26(38)33-28(37)41/h2-3,6,9-12,27H,4-5,7-8,13-19H2,1H3,(H,33,38,41). The van der Waals surface area contributed by atoms with Gasteiger partial charge in [-0.3, -0.25) is 14.7 Å². The van der Waals surface area contributed by atoms with Gasteiger partial charge in [-0.15, -0.1) is 0 Å². The molecule has 2 aromatic rings. The van der Waals surface area contributed by atoms with Crippen LogP contribution >= 0.6 is 12.2 Å². The second-order valence-corrected chi connectivity index (χ2v) is 10.7. The van der Waals surface area contributed by atoms with Gasteiger partial charge >= 0.3 is 6.18 Å². The molecule has 12 heteroatoms. The number of ether oxygens (including phenoxy) is 1. The van der Waals surface area contributed by atoms with Gasteiger partial charge in [-0.25, -0.2) is 0 Å². The maximum absolute atomic E-state index is 12.9. The fourth-order valence-electron chi connectivity index (χ4n) is 5.46. The number of hydrogen-bond acceptors (Lipinski definition) is 7. The first kappa shape index (κ1) is 29.3. The van der Waals surface area contributed by atoms with Crippen LogP contribution in [0, 0.1) is 4.77 Å². The van der Waals surface area contributed by atoms with Gasteiger partial charge in [0.2, 0.25) is 6.23 Å². The fourth-order valence-corrected chi connectivity index (χ4v) is 5.73. The van der Waals surface area contributed by atoms with E-state index in [2.05, 4.69) is 19.9 Å². The highest BCUT2D eigenvalue weighted by atomic mass is 32.1. The van der Waals surface area contributed by atoms with Crippen LogP contribution in [0.15, 0.2) is 58.0 Å². The Labute approximate surface area is 241 Å². The topological polar surface area (TPSA) is 75.1 Å². The van der Waals surface area contributed by atoms with Crippen molar-refractivity contribution in [2.24, 2.45) is 5.16 Å². The molecule has 0 spiro atoms. The number of allylic oxidation sites excluding steroid dienone is 2. The molecular formula is C29H34F3N5O3S. The molecule has 1 unspecified atom stereocenters. The van der Waals surface area contributed by atoms with Gasteiger partial charge in [0.25, 0.3) is 5.56 Å². The van der Waals surface area contributed by atoms with E-state index in [-0.39, 0.29) is 5.56 Å². The Balaban J connectivity index is 1.33. The van der Waals surface area contributed by atoms with Crippen LogP contribution in [0.2, 0.25) is 0 Å². The van der Waals surface area contributed by atoms with E-state index >= 15 is 0 Å².